The fraction of sp³-hybridized carbons (Fsp3) is 0.571. The number of rotatable bonds is 3. The molecule has 1 aromatic rings. The van der Waals surface area contributed by atoms with Crippen molar-refractivity contribution in [2.24, 2.45) is 0 Å². The lowest BCUT2D eigenvalue weighted by Gasteiger charge is -2.29. The summed E-state index contributed by atoms with van der Waals surface area (Å²) in [4.78, 5) is 0. The summed E-state index contributed by atoms with van der Waals surface area (Å²) in [5.41, 5.74) is 1.24. The van der Waals surface area contributed by atoms with Crippen LogP contribution in [0.15, 0.2) is 18.2 Å². The van der Waals surface area contributed by atoms with E-state index >= 15 is 0 Å². The van der Waals surface area contributed by atoms with Crippen molar-refractivity contribution in [3.63, 3.8) is 0 Å². The predicted molar refractivity (Wildman–Crippen MR) is 68.4 cm³/mol. The molecular weight excluding hydrogens is 217 g/mol. The van der Waals surface area contributed by atoms with E-state index in [1.807, 2.05) is 27.7 Å². The number of aliphatic hydroxyl groups excluding tert-OH is 1. The first kappa shape index (κ1) is 14.1. The number of nitrogens with one attached hydrogen (secondary N) is 1. The third kappa shape index (κ3) is 4.10. The molecule has 0 aromatic heterocycles. The third-order valence-electron chi connectivity index (χ3n) is 2.66. The van der Waals surface area contributed by atoms with Crippen LogP contribution >= 0.6 is 0 Å². The third-order valence-corrected chi connectivity index (χ3v) is 2.66. The lowest BCUT2D eigenvalue weighted by atomic mass is 9.98. The van der Waals surface area contributed by atoms with Crippen LogP contribution in [0.25, 0.3) is 0 Å². The summed E-state index contributed by atoms with van der Waals surface area (Å²) in [6, 6.07) is 4.65. The Morgan fingerprint density at radius 1 is 1.29 bits per heavy atom. The van der Waals surface area contributed by atoms with Crippen LogP contribution in [-0.4, -0.2) is 16.7 Å². The summed E-state index contributed by atoms with van der Waals surface area (Å²) in [7, 11) is 0. The normalized spacial score (nSPS) is 15.7. The number of hydrogen-bond donors (Lipinski definition) is 2. The van der Waals surface area contributed by atoms with Gasteiger partial charge in [-0.2, -0.15) is 0 Å². The summed E-state index contributed by atoms with van der Waals surface area (Å²) >= 11 is 0. The zero-order valence-corrected chi connectivity index (χ0v) is 11.2. The van der Waals surface area contributed by atoms with Crippen molar-refractivity contribution >= 4 is 0 Å². The second-order valence-corrected chi connectivity index (χ2v) is 5.64. The molecule has 1 rings (SSSR count). The molecule has 2 nitrogen and oxygen atoms in total. The maximum atomic E-state index is 13.1. The van der Waals surface area contributed by atoms with Crippen LogP contribution in [0.1, 0.15) is 44.9 Å². The van der Waals surface area contributed by atoms with Gasteiger partial charge in [0.2, 0.25) is 0 Å². The Bertz CT molecular complexity index is 384. The molecule has 0 amide bonds. The molecule has 0 radical (unpaired) electrons. The highest BCUT2D eigenvalue weighted by molar-refractivity contribution is 5.26. The van der Waals surface area contributed by atoms with Crippen LogP contribution in [0.2, 0.25) is 0 Å². The quantitative estimate of drug-likeness (QED) is 0.850. The molecule has 17 heavy (non-hydrogen) atoms. The molecule has 0 heterocycles. The lowest BCUT2D eigenvalue weighted by Crippen LogP contribution is -2.44. The minimum absolute atomic E-state index is 0.0600. The van der Waals surface area contributed by atoms with E-state index in [9.17, 15) is 9.50 Å². The average molecular weight is 239 g/mol. The number of hydrogen-bond acceptors (Lipinski definition) is 2. The van der Waals surface area contributed by atoms with Crippen molar-refractivity contribution in [2.75, 3.05) is 0 Å². The summed E-state index contributed by atoms with van der Waals surface area (Å²) in [6.07, 6.45) is -0.631. The van der Waals surface area contributed by atoms with Gasteiger partial charge in [0.1, 0.15) is 5.82 Å². The standard InChI is InChI=1S/C14H22FNO/c1-9-8-11(6-7-12(9)15)13(17)10(2)16-14(3,4)5/h6-8,10,13,16-17H,1-5H3. The van der Waals surface area contributed by atoms with E-state index < -0.39 is 6.10 Å². The van der Waals surface area contributed by atoms with E-state index in [-0.39, 0.29) is 17.4 Å². The highest BCUT2D eigenvalue weighted by Crippen LogP contribution is 2.20. The molecule has 2 unspecified atom stereocenters. The van der Waals surface area contributed by atoms with Gasteiger partial charge in [0.25, 0.3) is 0 Å². The summed E-state index contributed by atoms with van der Waals surface area (Å²) < 4.78 is 13.1. The lowest BCUT2D eigenvalue weighted by molar-refractivity contribution is 0.121. The smallest absolute Gasteiger partial charge is 0.126 e. The molecule has 0 aliphatic heterocycles. The van der Waals surface area contributed by atoms with Gasteiger partial charge in [-0.25, -0.2) is 4.39 Å². The van der Waals surface area contributed by atoms with Crippen LogP contribution < -0.4 is 5.32 Å². The van der Waals surface area contributed by atoms with E-state index in [1.54, 1.807) is 19.1 Å². The minimum Gasteiger partial charge on any atom is -0.387 e. The molecule has 0 saturated carbocycles. The maximum Gasteiger partial charge on any atom is 0.126 e. The Hall–Kier alpha value is -0.930. The molecular formula is C14H22FNO. The Labute approximate surface area is 103 Å². The number of aryl methyl sites for hydroxylation is 1. The second-order valence-electron chi connectivity index (χ2n) is 5.64. The molecule has 96 valence electrons. The first-order valence-electron chi connectivity index (χ1n) is 5.92. The van der Waals surface area contributed by atoms with Gasteiger partial charge in [-0.05, 0) is 51.8 Å². The van der Waals surface area contributed by atoms with Gasteiger partial charge < -0.3 is 10.4 Å². The molecule has 0 spiro atoms. The second kappa shape index (κ2) is 5.15. The highest BCUT2D eigenvalue weighted by atomic mass is 19.1. The van der Waals surface area contributed by atoms with Crippen LogP contribution in [0.3, 0.4) is 0 Å². The van der Waals surface area contributed by atoms with Gasteiger partial charge >= 0.3 is 0 Å². The van der Waals surface area contributed by atoms with E-state index in [0.717, 1.165) is 5.56 Å². The van der Waals surface area contributed by atoms with E-state index in [4.69, 9.17) is 0 Å². The van der Waals surface area contributed by atoms with Gasteiger partial charge in [-0.3, -0.25) is 0 Å². The van der Waals surface area contributed by atoms with E-state index in [1.165, 1.54) is 6.07 Å². The number of halogens is 1. The molecule has 2 N–H and O–H groups in total. The SMILES string of the molecule is Cc1cc(C(O)C(C)NC(C)(C)C)ccc1F. The molecule has 0 aliphatic carbocycles. The Morgan fingerprint density at radius 2 is 1.88 bits per heavy atom. The van der Waals surface area contributed by atoms with Gasteiger partial charge in [-0.1, -0.05) is 12.1 Å². The number of aliphatic hydroxyl groups is 1. The van der Waals surface area contributed by atoms with Crippen LogP contribution in [0.4, 0.5) is 4.39 Å². The molecule has 1 aromatic carbocycles. The van der Waals surface area contributed by atoms with Crippen LogP contribution in [0, 0.1) is 12.7 Å². The monoisotopic (exact) mass is 239 g/mol. The van der Waals surface area contributed by atoms with Gasteiger partial charge in [0.15, 0.2) is 0 Å². The van der Waals surface area contributed by atoms with Crippen molar-refractivity contribution in [3.8, 4) is 0 Å². The van der Waals surface area contributed by atoms with Crippen LogP contribution in [-0.2, 0) is 0 Å². The van der Waals surface area contributed by atoms with Crippen molar-refractivity contribution in [3.05, 3.63) is 35.1 Å². The maximum absolute atomic E-state index is 13.1. The van der Waals surface area contributed by atoms with Gasteiger partial charge in [-0.15, -0.1) is 0 Å². The largest absolute Gasteiger partial charge is 0.387 e. The van der Waals surface area contributed by atoms with Crippen LogP contribution in [0.5, 0.6) is 0 Å². The highest BCUT2D eigenvalue weighted by Gasteiger charge is 2.21. The first-order chi connectivity index (χ1) is 7.70. The molecule has 0 fully saturated rings. The molecule has 0 bridgehead atoms. The average Bonchev–Trinajstić information content (AvgIpc) is 2.18. The first-order valence-corrected chi connectivity index (χ1v) is 5.92. The van der Waals surface area contributed by atoms with Crippen molar-refractivity contribution in [2.45, 2.75) is 52.3 Å². The Balaban J connectivity index is 2.81. The Morgan fingerprint density at radius 3 is 2.35 bits per heavy atom. The summed E-state index contributed by atoms with van der Waals surface area (Å²) in [6.45, 7) is 9.77. The van der Waals surface area contributed by atoms with Gasteiger partial charge in [0, 0.05) is 11.6 Å². The van der Waals surface area contributed by atoms with Crippen molar-refractivity contribution in [1.29, 1.82) is 0 Å². The fourth-order valence-electron chi connectivity index (χ4n) is 1.90. The summed E-state index contributed by atoms with van der Waals surface area (Å²) in [5.74, 6) is -0.239. The molecule has 3 heteroatoms. The Kier molecular flexibility index (Phi) is 4.28. The molecule has 0 aliphatic rings. The topological polar surface area (TPSA) is 32.3 Å². The zero-order chi connectivity index (χ0) is 13.2. The number of benzene rings is 1. The molecule has 0 saturated heterocycles. The van der Waals surface area contributed by atoms with E-state index in [2.05, 4.69) is 5.32 Å². The zero-order valence-electron chi connectivity index (χ0n) is 11.2. The minimum atomic E-state index is -0.631. The fourth-order valence-corrected chi connectivity index (χ4v) is 1.90. The summed E-state index contributed by atoms with van der Waals surface area (Å²) in [5, 5.41) is 13.5. The van der Waals surface area contributed by atoms with Crippen molar-refractivity contribution in [1.82, 2.24) is 5.32 Å². The van der Waals surface area contributed by atoms with Crippen molar-refractivity contribution < 1.29 is 9.50 Å². The van der Waals surface area contributed by atoms with E-state index in [0.29, 0.717) is 5.56 Å². The predicted octanol–water partition coefficient (Wildman–Crippen LogP) is 2.94. The molecule has 2 atom stereocenters. The van der Waals surface area contributed by atoms with Gasteiger partial charge in [0.05, 0.1) is 6.10 Å².